The zero-order valence-corrected chi connectivity index (χ0v) is 14.1. The van der Waals surface area contributed by atoms with E-state index in [-0.39, 0.29) is 17.9 Å². The molecule has 124 valence electrons. The van der Waals surface area contributed by atoms with Gasteiger partial charge in [-0.15, -0.1) is 11.8 Å². The predicted molar refractivity (Wildman–Crippen MR) is 94.0 cm³/mol. The lowest BCUT2D eigenvalue weighted by atomic mass is 10.1. The molecule has 0 bridgehead atoms. The fourth-order valence-electron chi connectivity index (χ4n) is 1.96. The summed E-state index contributed by atoms with van der Waals surface area (Å²) < 4.78 is 4.95. The van der Waals surface area contributed by atoms with Crippen molar-refractivity contribution in [2.24, 2.45) is 0 Å². The number of carbonyl (C=O) groups excluding carboxylic acids is 1. The summed E-state index contributed by atoms with van der Waals surface area (Å²) in [7, 11) is 0. The monoisotopic (exact) mass is 344 g/mol. The smallest absolute Gasteiger partial charge is 0.340 e. The summed E-state index contributed by atoms with van der Waals surface area (Å²) in [4.78, 5) is 27.5. The first-order valence-corrected chi connectivity index (χ1v) is 8.41. The van der Waals surface area contributed by atoms with E-state index >= 15 is 0 Å². The number of hydrogen-bond donors (Lipinski definition) is 0. The minimum Gasteiger partial charge on any atom is -0.462 e. The molecule has 7 heteroatoms. The quantitative estimate of drug-likeness (QED) is 0.340. The molecule has 6 nitrogen and oxygen atoms in total. The molecule has 2 aromatic rings. The number of thioether (sulfide) groups is 1. The van der Waals surface area contributed by atoms with Gasteiger partial charge in [-0.3, -0.25) is 10.1 Å². The van der Waals surface area contributed by atoms with Gasteiger partial charge in [0.05, 0.1) is 22.8 Å². The number of hydrogen-bond acceptors (Lipinski definition) is 6. The third-order valence-electron chi connectivity index (χ3n) is 3.16. The van der Waals surface area contributed by atoms with Crippen LogP contribution < -0.4 is 0 Å². The lowest BCUT2D eigenvalue weighted by Gasteiger charge is -2.05. The Bertz CT molecular complexity index is 773. The lowest BCUT2D eigenvalue weighted by Crippen LogP contribution is -2.08. The number of benzene rings is 1. The average molecular weight is 344 g/mol. The van der Waals surface area contributed by atoms with Gasteiger partial charge in [0, 0.05) is 11.0 Å². The van der Waals surface area contributed by atoms with E-state index < -0.39 is 10.9 Å². The Kier molecular flexibility index (Phi) is 6.08. The molecule has 1 aromatic carbocycles. The van der Waals surface area contributed by atoms with Gasteiger partial charge in [-0.25, -0.2) is 9.78 Å². The van der Waals surface area contributed by atoms with Crippen LogP contribution in [0.3, 0.4) is 0 Å². The van der Waals surface area contributed by atoms with Crippen LogP contribution in [-0.2, 0) is 4.74 Å². The van der Waals surface area contributed by atoms with Crippen molar-refractivity contribution < 1.29 is 14.5 Å². The standard InChI is InChI=1S/C17H16N2O4S/c1-3-23-17(20)15-10-13(19(21)22)11-18-16(15)9-6-12-4-7-14(24-2)8-5-12/h4-11H,3H2,1-2H3/b9-6+. The van der Waals surface area contributed by atoms with Gasteiger partial charge in [-0.2, -0.15) is 0 Å². The van der Waals surface area contributed by atoms with Crippen molar-refractivity contribution in [1.82, 2.24) is 4.98 Å². The average Bonchev–Trinajstić information content (AvgIpc) is 2.60. The number of pyridine rings is 1. The number of esters is 1. The minimum absolute atomic E-state index is 0.0723. The fourth-order valence-corrected chi connectivity index (χ4v) is 2.37. The highest BCUT2D eigenvalue weighted by Crippen LogP contribution is 2.20. The largest absolute Gasteiger partial charge is 0.462 e. The second kappa shape index (κ2) is 8.26. The molecule has 0 aliphatic rings. The van der Waals surface area contributed by atoms with Crippen LogP contribution in [0.15, 0.2) is 41.4 Å². The Morgan fingerprint density at radius 1 is 1.33 bits per heavy atom. The summed E-state index contributed by atoms with van der Waals surface area (Å²) >= 11 is 1.65. The molecule has 0 N–H and O–H groups in total. The second-order valence-electron chi connectivity index (χ2n) is 4.71. The van der Waals surface area contributed by atoms with Gasteiger partial charge in [0.2, 0.25) is 0 Å². The first-order valence-electron chi connectivity index (χ1n) is 7.19. The van der Waals surface area contributed by atoms with Crippen molar-refractivity contribution in [3.05, 3.63) is 63.5 Å². The van der Waals surface area contributed by atoms with E-state index in [1.807, 2.05) is 30.5 Å². The summed E-state index contributed by atoms with van der Waals surface area (Å²) in [6.07, 6.45) is 6.56. The highest BCUT2D eigenvalue weighted by molar-refractivity contribution is 7.98. The molecular weight excluding hydrogens is 328 g/mol. The molecule has 0 spiro atoms. The van der Waals surface area contributed by atoms with Crippen LogP contribution in [0, 0.1) is 10.1 Å². The molecule has 0 saturated carbocycles. The van der Waals surface area contributed by atoms with Gasteiger partial charge in [0.15, 0.2) is 0 Å². The van der Waals surface area contributed by atoms with Crippen molar-refractivity contribution in [2.45, 2.75) is 11.8 Å². The molecule has 1 aromatic heterocycles. The van der Waals surface area contributed by atoms with Crippen molar-refractivity contribution >= 4 is 35.6 Å². The zero-order chi connectivity index (χ0) is 17.5. The van der Waals surface area contributed by atoms with Gasteiger partial charge in [0.1, 0.15) is 6.20 Å². The topological polar surface area (TPSA) is 82.3 Å². The van der Waals surface area contributed by atoms with E-state index in [0.29, 0.717) is 5.69 Å². The molecule has 0 radical (unpaired) electrons. The normalized spacial score (nSPS) is 10.8. The van der Waals surface area contributed by atoms with Gasteiger partial charge in [0.25, 0.3) is 5.69 Å². The molecule has 0 saturated heterocycles. The first-order chi connectivity index (χ1) is 11.5. The summed E-state index contributed by atoms with van der Waals surface area (Å²) in [5.41, 5.74) is 1.08. The van der Waals surface area contributed by atoms with Crippen molar-refractivity contribution in [3.63, 3.8) is 0 Å². The first kappa shape index (κ1) is 17.7. The van der Waals surface area contributed by atoms with Crippen LogP contribution in [0.5, 0.6) is 0 Å². The number of nitrogens with zero attached hydrogens (tertiary/aromatic N) is 2. The Morgan fingerprint density at radius 3 is 2.62 bits per heavy atom. The predicted octanol–water partition coefficient (Wildman–Crippen LogP) is 4.06. The molecule has 0 aliphatic carbocycles. The number of ether oxygens (including phenoxy) is 1. The maximum atomic E-state index is 12.0. The summed E-state index contributed by atoms with van der Waals surface area (Å²) in [5.74, 6) is -0.633. The van der Waals surface area contributed by atoms with Crippen LogP contribution in [-0.4, -0.2) is 28.7 Å². The van der Waals surface area contributed by atoms with Gasteiger partial charge in [-0.1, -0.05) is 18.2 Å². The maximum absolute atomic E-state index is 12.0. The van der Waals surface area contributed by atoms with Crippen LogP contribution in [0.4, 0.5) is 5.69 Å². The molecule has 1 heterocycles. The van der Waals surface area contributed by atoms with Gasteiger partial charge >= 0.3 is 5.97 Å². The van der Waals surface area contributed by atoms with Crippen molar-refractivity contribution in [2.75, 3.05) is 12.9 Å². The van der Waals surface area contributed by atoms with Crippen LogP contribution in [0.1, 0.15) is 28.5 Å². The van der Waals surface area contributed by atoms with E-state index in [1.54, 1.807) is 30.8 Å². The minimum atomic E-state index is -0.633. The summed E-state index contributed by atoms with van der Waals surface area (Å²) in [5, 5.41) is 10.9. The number of aromatic nitrogens is 1. The summed E-state index contributed by atoms with van der Waals surface area (Å²) in [6, 6.07) is 9.04. The lowest BCUT2D eigenvalue weighted by molar-refractivity contribution is -0.385. The third kappa shape index (κ3) is 4.42. The Morgan fingerprint density at radius 2 is 2.04 bits per heavy atom. The van der Waals surface area contributed by atoms with Gasteiger partial charge in [-0.05, 0) is 37.0 Å². The number of rotatable bonds is 6. The molecule has 0 aliphatic heterocycles. The van der Waals surface area contributed by atoms with Crippen LogP contribution in [0.25, 0.3) is 12.2 Å². The van der Waals surface area contributed by atoms with E-state index in [4.69, 9.17) is 4.74 Å². The van der Waals surface area contributed by atoms with E-state index in [9.17, 15) is 14.9 Å². The molecular formula is C17H16N2O4S. The third-order valence-corrected chi connectivity index (χ3v) is 3.90. The molecule has 24 heavy (non-hydrogen) atoms. The second-order valence-corrected chi connectivity index (χ2v) is 5.59. The van der Waals surface area contributed by atoms with Crippen molar-refractivity contribution in [1.29, 1.82) is 0 Å². The Hall–Kier alpha value is -2.67. The SMILES string of the molecule is CCOC(=O)c1cc([N+](=O)[O-])cnc1/C=C/c1ccc(SC)cc1. The van der Waals surface area contributed by atoms with Crippen LogP contribution in [0.2, 0.25) is 0 Å². The molecule has 0 unspecified atom stereocenters. The van der Waals surface area contributed by atoms with E-state index in [2.05, 4.69) is 4.98 Å². The highest BCUT2D eigenvalue weighted by Gasteiger charge is 2.17. The maximum Gasteiger partial charge on any atom is 0.340 e. The number of carbonyl (C=O) groups is 1. The molecule has 2 rings (SSSR count). The molecule has 0 amide bonds. The highest BCUT2D eigenvalue weighted by atomic mass is 32.2. The molecule has 0 fully saturated rings. The van der Waals surface area contributed by atoms with Crippen molar-refractivity contribution in [3.8, 4) is 0 Å². The van der Waals surface area contributed by atoms with Crippen LogP contribution >= 0.6 is 11.8 Å². The Balaban J connectivity index is 2.34. The number of nitro groups is 1. The molecule has 0 atom stereocenters. The summed E-state index contributed by atoms with van der Waals surface area (Å²) in [6.45, 7) is 1.85. The van der Waals surface area contributed by atoms with Gasteiger partial charge < -0.3 is 4.74 Å². The fraction of sp³-hybridized carbons (Fsp3) is 0.176. The van der Waals surface area contributed by atoms with E-state index in [0.717, 1.165) is 16.7 Å². The Labute approximate surface area is 143 Å². The zero-order valence-electron chi connectivity index (χ0n) is 13.3. The van der Waals surface area contributed by atoms with E-state index in [1.165, 1.54) is 6.07 Å².